The van der Waals surface area contributed by atoms with Gasteiger partial charge in [-0.3, -0.25) is 0 Å². The molecule has 0 saturated carbocycles. The summed E-state index contributed by atoms with van der Waals surface area (Å²) in [6.45, 7) is 0.707. The summed E-state index contributed by atoms with van der Waals surface area (Å²) in [5.74, 6) is 0.727. The summed E-state index contributed by atoms with van der Waals surface area (Å²) in [6, 6.07) is 38.8. The maximum Gasteiger partial charge on any atom is 0.247 e. The number of hydrogen-bond donors (Lipinski definition) is 1. The van der Waals surface area contributed by atoms with E-state index >= 15 is 0 Å². The molecule has 0 radical (unpaired) electrons. The molecule has 1 atom stereocenters. The highest BCUT2D eigenvalue weighted by Crippen LogP contribution is 2.39. The Morgan fingerprint density at radius 1 is 0.730 bits per heavy atom. The lowest BCUT2D eigenvalue weighted by molar-refractivity contribution is 0.306. The lowest BCUT2D eigenvalue weighted by Crippen LogP contribution is -2.42. The summed E-state index contributed by atoms with van der Waals surface area (Å²) < 4.78 is 35.0. The van der Waals surface area contributed by atoms with Crippen molar-refractivity contribution in [3.63, 3.8) is 0 Å². The van der Waals surface area contributed by atoms with E-state index in [1.54, 1.807) is 18.2 Å². The van der Waals surface area contributed by atoms with Gasteiger partial charge in [-0.25, -0.2) is 8.42 Å². The molecule has 0 spiro atoms. The zero-order valence-electron chi connectivity index (χ0n) is 20.1. The number of anilines is 1. The molecule has 0 aromatic heterocycles. The first kappa shape index (κ1) is 23.3. The van der Waals surface area contributed by atoms with Crippen molar-refractivity contribution in [3.05, 3.63) is 138 Å². The molecule has 0 aliphatic carbocycles. The van der Waals surface area contributed by atoms with Gasteiger partial charge in [-0.15, -0.1) is 0 Å². The average Bonchev–Trinajstić information content (AvgIpc) is 2.94. The standard InChI is InChI=1S/C31H26N2O3S/c34-37(35)30-16-7-6-15-29(30)32-31(33(37)21-23-9-2-1-3-10-23)25-17-19-27(20-18-25)36-22-26-13-8-12-24-11-4-5-14-28(24)26/h1-20,31-32H,21-22H2/t31-/m1/s1. The molecule has 5 aromatic carbocycles. The maximum atomic E-state index is 13.7. The number of nitrogens with one attached hydrogen (secondary N) is 1. The number of sulfonamides is 1. The number of fused-ring (bicyclic) bond motifs is 2. The Labute approximate surface area is 217 Å². The van der Waals surface area contributed by atoms with Gasteiger partial charge < -0.3 is 10.1 Å². The highest BCUT2D eigenvalue weighted by atomic mass is 32.2. The Morgan fingerprint density at radius 3 is 2.27 bits per heavy atom. The zero-order valence-corrected chi connectivity index (χ0v) is 20.9. The molecule has 37 heavy (non-hydrogen) atoms. The van der Waals surface area contributed by atoms with Crippen LogP contribution in [0.15, 0.2) is 126 Å². The van der Waals surface area contributed by atoms with Crippen molar-refractivity contribution in [2.75, 3.05) is 5.32 Å². The van der Waals surface area contributed by atoms with Gasteiger partial charge in [-0.05, 0) is 51.7 Å². The van der Waals surface area contributed by atoms with Crippen LogP contribution in [0.25, 0.3) is 10.8 Å². The van der Waals surface area contributed by atoms with E-state index in [-0.39, 0.29) is 11.4 Å². The van der Waals surface area contributed by atoms with Crippen molar-refractivity contribution in [1.82, 2.24) is 4.31 Å². The fourth-order valence-electron chi connectivity index (χ4n) is 4.81. The van der Waals surface area contributed by atoms with Crippen LogP contribution in [0.2, 0.25) is 0 Å². The van der Waals surface area contributed by atoms with Gasteiger partial charge in [0.25, 0.3) is 0 Å². The minimum absolute atomic E-state index is 0.258. The number of hydrogen-bond acceptors (Lipinski definition) is 4. The van der Waals surface area contributed by atoms with Gasteiger partial charge in [0.1, 0.15) is 23.4 Å². The molecule has 1 heterocycles. The van der Waals surface area contributed by atoms with Crippen LogP contribution < -0.4 is 10.1 Å². The molecule has 0 unspecified atom stereocenters. The second kappa shape index (κ2) is 9.73. The molecular weight excluding hydrogens is 480 g/mol. The summed E-state index contributed by atoms with van der Waals surface area (Å²) in [7, 11) is -3.72. The third-order valence-corrected chi connectivity index (χ3v) is 8.57. The van der Waals surface area contributed by atoms with Crippen molar-refractivity contribution < 1.29 is 13.2 Å². The van der Waals surface area contributed by atoms with E-state index < -0.39 is 16.2 Å². The highest BCUT2D eigenvalue weighted by molar-refractivity contribution is 7.89. The van der Waals surface area contributed by atoms with Crippen molar-refractivity contribution in [1.29, 1.82) is 0 Å². The Kier molecular flexibility index (Phi) is 6.12. The van der Waals surface area contributed by atoms with E-state index in [9.17, 15) is 8.42 Å². The summed E-state index contributed by atoms with van der Waals surface area (Å²) in [5.41, 5.74) is 3.49. The van der Waals surface area contributed by atoms with Crippen molar-refractivity contribution >= 4 is 26.5 Å². The smallest absolute Gasteiger partial charge is 0.247 e. The normalized spacial score (nSPS) is 16.6. The van der Waals surface area contributed by atoms with Gasteiger partial charge in [0.15, 0.2) is 0 Å². The molecule has 0 fully saturated rings. The van der Waals surface area contributed by atoms with E-state index in [0.29, 0.717) is 12.3 Å². The number of ether oxygens (including phenoxy) is 1. The third-order valence-electron chi connectivity index (χ3n) is 6.71. The first-order chi connectivity index (χ1) is 18.1. The van der Waals surface area contributed by atoms with Gasteiger partial charge in [0, 0.05) is 6.54 Å². The first-order valence-electron chi connectivity index (χ1n) is 12.2. The SMILES string of the molecule is O=S1(=O)c2ccccc2N[C@@H](c2ccc(OCc3cccc4ccccc34)cc2)N1Cc1ccccc1. The van der Waals surface area contributed by atoms with E-state index in [0.717, 1.165) is 22.4 Å². The van der Waals surface area contributed by atoms with Crippen molar-refractivity contribution in [3.8, 4) is 5.75 Å². The van der Waals surface area contributed by atoms with E-state index in [1.165, 1.54) is 15.1 Å². The maximum absolute atomic E-state index is 13.7. The molecule has 1 aliphatic rings. The first-order valence-corrected chi connectivity index (χ1v) is 13.6. The minimum Gasteiger partial charge on any atom is -0.489 e. The molecule has 184 valence electrons. The van der Waals surface area contributed by atoms with Gasteiger partial charge >= 0.3 is 0 Å². The zero-order chi connectivity index (χ0) is 25.2. The van der Waals surface area contributed by atoms with Crippen LogP contribution in [0.4, 0.5) is 5.69 Å². The topological polar surface area (TPSA) is 58.6 Å². The fraction of sp³-hybridized carbons (Fsp3) is 0.0968. The molecular formula is C31H26N2O3S. The Bertz CT molecular complexity index is 1650. The van der Waals surface area contributed by atoms with Crippen molar-refractivity contribution in [2.24, 2.45) is 0 Å². The Hall–Kier alpha value is -4.13. The number of benzene rings is 5. The van der Waals surface area contributed by atoms with E-state index in [2.05, 4.69) is 29.6 Å². The van der Waals surface area contributed by atoms with Crippen LogP contribution in [0.5, 0.6) is 5.75 Å². The minimum atomic E-state index is -3.72. The summed E-state index contributed by atoms with van der Waals surface area (Å²) >= 11 is 0. The lowest BCUT2D eigenvalue weighted by atomic mass is 10.1. The van der Waals surface area contributed by atoms with Crippen LogP contribution in [-0.2, 0) is 23.2 Å². The Balaban J connectivity index is 1.28. The van der Waals surface area contributed by atoms with Crippen LogP contribution in [0.1, 0.15) is 22.9 Å². The summed E-state index contributed by atoms with van der Waals surface area (Å²) in [6.07, 6.45) is -0.549. The average molecular weight is 507 g/mol. The number of nitrogens with zero attached hydrogens (tertiary/aromatic N) is 1. The quantitative estimate of drug-likeness (QED) is 0.277. The molecule has 6 heteroatoms. The monoisotopic (exact) mass is 506 g/mol. The predicted octanol–water partition coefficient (Wildman–Crippen LogP) is 6.73. The molecule has 1 aliphatic heterocycles. The highest BCUT2D eigenvalue weighted by Gasteiger charge is 2.38. The largest absolute Gasteiger partial charge is 0.489 e. The summed E-state index contributed by atoms with van der Waals surface area (Å²) in [5, 5.41) is 5.80. The molecule has 5 nitrogen and oxygen atoms in total. The van der Waals surface area contributed by atoms with Crippen LogP contribution in [0.3, 0.4) is 0 Å². The lowest BCUT2D eigenvalue weighted by Gasteiger charge is -2.37. The summed E-state index contributed by atoms with van der Waals surface area (Å²) in [4.78, 5) is 0.289. The number of rotatable bonds is 6. The molecule has 5 aromatic rings. The van der Waals surface area contributed by atoms with E-state index in [4.69, 9.17) is 4.74 Å². The Morgan fingerprint density at radius 2 is 1.43 bits per heavy atom. The van der Waals surface area contributed by atoms with Gasteiger partial charge in [0.2, 0.25) is 10.0 Å². The molecule has 0 bridgehead atoms. The number of para-hydroxylation sites is 1. The van der Waals surface area contributed by atoms with Crippen LogP contribution in [-0.4, -0.2) is 12.7 Å². The van der Waals surface area contributed by atoms with Crippen LogP contribution >= 0.6 is 0 Å². The molecule has 1 N–H and O–H groups in total. The predicted molar refractivity (Wildman–Crippen MR) is 147 cm³/mol. The molecule has 6 rings (SSSR count). The van der Waals surface area contributed by atoms with E-state index in [1.807, 2.05) is 78.9 Å². The second-order valence-corrected chi connectivity index (χ2v) is 10.9. The molecule has 0 saturated heterocycles. The third kappa shape index (κ3) is 4.57. The van der Waals surface area contributed by atoms with Gasteiger partial charge in [0.05, 0.1) is 5.69 Å². The second-order valence-electron chi connectivity index (χ2n) is 9.07. The molecule has 0 amide bonds. The van der Waals surface area contributed by atoms with Crippen LogP contribution in [0, 0.1) is 0 Å². The van der Waals surface area contributed by atoms with Gasteiger partial charge in [-0.1, -0.05) is 97.1 Å². The van der Waals surface area contributed by atoms with Crippen molar-refractivity contribution in [2.45, 2.75) is 24.2 Å². The fourth-order valence-corrected chi connectivity index (χ4v) is 6.49. The van der Waals surface area contributed by atoms with Gasteiger partial charge in [-0.2, -0.15) is 4.31 Å².